The Kier molecular flexibility index (Phi) is 6.26. The molecule has 3 aromatic rings. The van der Waals surface area contributed by atoms with E-state index < -0.39 is 6.04 Å². The van der Waals surface area contributed by atoms with E-state index >= 15 is 0 Å². The molecule has 1 aromatic heterocycles. The first-order valence-electron chi connectivity index (χ1n) is 8.86. The lowest BCUT2D eigenvalue weighted by molar-refractivity contribution is -0.122. The van der Waals surface area contributed by atoms with Crippen LogP contribution in [-0.2, 0) is 11.8 Å². The molecule has 0 aliphatic heterocycles. The van der Waals surface area contributed by atoms with Crippen molar-refractivity contribution in [2.24, 2.45) is 7.05 Å². The summed E-state index contributed by atoms with van der Waals surface area (Å²) in [7, 11) is 3.46. The molecular formula is C21H22FN3O3. The molecule has 0 radical (unpaired) electrons. The Morgan fingerprint density at radius 2 is 1.96 bits per heavy atom. The first-order valence-corrected chi connectivity index (χ1v) is 8.86. The van der Waals surface area contributed by atoms with E-state index in [0.717, 1.165) is 5.56 Å². The number of aryl methyl sites for hydroxylation is 1. The van der Waals surface area contributed by atoms with Gasteiger partial charge in [-0.05, 0) is 30.3 Å². The van der Waals surface area contributed by atoms with Gasteiger partial charge in [-0.25, -0.2) is 9.37 Å². The molecule has 6 nitrogen and oxygen atoms in total. The van der Waals surface area contributed by atoms with Crippen molar-refractivity contribution in [3.63, 3.8) is 0 Å². The predicted octanol–water partition coefficient (Wildman–Crippen LogP) is 3.24. The first kappa shape index (κ1) is 19.4. The van der Waals surface area contributed by atoms with Crippen LogP contribution in [0.1, 0.15) is 23.9 Å². The standard InChI is InChI=1S/C21H22FN3O3/c1-25-13-12-23-21(25)20(17-5-3-4-6-18(17)27-2)24-19(26)11-14-28-16-9-7-15(22)8-10-16/h3-10,12-13,20H,11,14H2,1-2H3,(H,24,26). The second kappa shape index (κ2) is 9.03. The highest BCUT2D eigenvalue weighted by Gasteiger charge is 2.23. The van der Waals surface area contributed by atoms with E-state index in [9.17, 15) is 9.18 Å². The number of hydrogen-bond donors (Lipinski definition) is 1. The fourth-order valence-corrected chi connectivity index (χ4v) is 2.87. The van der Waals surface area contributed by atoms with E-state index in [1.165, 1.54) is 24.3 Å². The molecule has 2 aromatic carbocycles. The lowest BCUT2D eigenvalue weighted by Gasteiger charge is -2.21. The van der Waals surface area contributed by atoms with Crippen LogP contribution in [0.4, 0.5) is 4.39 Å². The number of halogens is 1. The van der Waals surface area contributed by atoms with E-state index in [-0.39, 0.29) is 24.8 Å². The van der Waals surface area contributed by atoms with Crippen molar-refractivity contribution in [2.75, 3.05) is 13.7 Å². The van der Waals surface area contributed by atoms with Gasteiger partial charge in [0.1, 0.15) is 29.2 Å². The van der Waals surface area contributed by atoms with Gasteiger partial charge in [-0.3, -0.25) is 4.79 Å². The van der Waals surface area contributed by atoms with Crippen LogP contribution < -0.4 is 14.8 Å². The second-order valence-corrected chi connectivity index (χ2v) is 6.19. The molecule has 0 aliphatic rings. The zero-order chi connectivity index (χ0) is 19.9. The summed E-state index contributed by atoms with van der Waals surface area (Å²) < 4.78 is 25.7. The van der Waals surface area contributed by atoms with Crippen molar-refractivity contribution in [1.82, 2.24) is 14.9 Å². The molecule has 3 rings (SSSR count). The Morgan fingerprint density at radius 1 is 1.21 bits per heavy atom. The van der Waals surface area contributed by atoms with Crippen molar-refractivity contribution in [2.45, 2.75) is 12.5 Å². The number of hydrogen-bond acceptors (Lipinski definition) is 4. The molecule has 1 heterocycles. The highest BCUT2D eigenvalue weighted by Crippen LogP contribution is 2.29. The molecule has 0 saturated carbocycles. The monoisotopic (exact) mass is 383 g/mol. The fraction of sp³-hybridized carbons (Fsp3) is 0.238. The Balaban J connectivity index is 1.70. The lowest BCUT2D eigenvalue weighted by Crippen LogP contribution is -2.32. The van der Waals surface area contributed by atoms with E-state index in [1.807, 2.05) is 42.1 Å². The third-order valence-electron chi connectivity index (χ3n) is 4.28. The van der Waals surface area contributed by atoms with Gasteiger partial charge < -0.3 is 19.4 Å². The largest absolute Gasteiger partial charge is 0.496 e. The van der Waals surface area contributed by atoms with Gasteiger partial charge in [0, 0.05) is 25.0 Å². The molecule has 1 atom stereocenters. The van der Waals surface area contributed by atoms with Crippen molar-refractivity contribution >= 4 is 5.91 Å². The molecule has 0 spiro atoms. The summed E-state index contributed by atoms with van der Waals surface area (Å²) >= 11 is 0. The summed E-state index contributed by atoms with van der Waals surface area (Å²) in [4.78, 5) is 16.9. The van der Waals surface area contributed by atoms with E-state index in [4.69, 9.17) is 9.47 Å². The maximum atomic E-state index is 12.9. The third-order valence-corrected chi connectivity index (χ3v) is 4.28. The number of carbonyl (C=O) groups excluding carboxylic acids is 1. The second-order valence-electron chi connectivity index (χ2n) is 6.19. The van der Waals surface area contributed by atoms with E-state index in [0.29, 0.717) is 17.3 Å². The average Bonchev–Trinajstić information content (AvgIpc) is 3.13. The SMILES string of the molecule is COc1ccccc1C(NC(=O)CCOc1ccc(F)cc1)c1nccn1C. The minimum Gasteiger partial charge on any atom is -0.496 e. The van der Waals surface area contributed by atoms with Crippen molar-refractivity contribution < 1.29 is 18.7 Å². The van der Waals surface area contributed by atoms with Crippen molar-refractivity contribution in [3.05, 3.63) is 78.1 Å². The van der Waals surface area contributed by atoms with Crippen LogP contribution in [-0.4, -0.2) is 29.2 Å². The Hall–Kier alpha value is -3.35. The van der Waals surface area contributed by atoms with Crippen LogP contribution in [0.3, 0.4) is 0 Å². The fourth-order valence-electron chi connectivity index (χ4n) is 2.87. The Labute approximate surface area is 162 Å². The predicted molar refractivity (Wildman–Crippen MR) is 103 cm³/mol. The maximum absolute atomic E-state index is 12.9. The van der Waals surface area contributed by atoms with E-state index in [1.54, 1.807) is 13.3 Å². The summed E-state index contributed by atoms with van der Waals surface area (Å²) in [5.74, 6) is 1.34. The number of carbonyl (C=O) groups is 1. The number of ether oxygens (including phenoxy) is 2. The first-order chi connectivity index (χ1) is 13.6. The summed E-state index contributed by atoms with van der Waals surface area (Å²) in [5, 5.41) is 3.00. The van der Waals surface area contributed by atoms with Gasteiger partial charge in [0.05, 0.1) is 20.1 Å². The summed E-state index contributed by atoms with van der Waals surface area (Å²) in [6.07, 6.45) is 3.65. The number of imidazole rings is 1. The zero-order valence-electron chi connectivity index (χ0n) is 15.8. The maximum Gasteiger partial charge on any atom is 0.224 e. The van der Waals surface area contributed by atoms with Gasteiger partial charge in [-0.1, -0.05) is 18.2 Å². The molecule has 1 amide bonds. The minimum absolute atomic E-state index is 0.146. The molecule has 0 fully saturated rings. The summed E-state index contributed by atoms with van der Waals surface area (Å²) in [6, 6.07) is 12.7. The van der Waals surface area contributed by atoms with Crippen LogP contribution >= 0.6 is 0 Å². The Morgan fingerprint density at radius 3 is 2.64 bits per heavy atom. The quantitative estimate of drug-likeness (QED) is 0.649. The summed E-state index contributed by atoms with van der Waals surface area (Å²) in [6.45, 7) is 0.177. The molecule has 28 heavy (non-hydrogen) atoms. The molecule has 0 bridgehead atoms. The topological polar surface area (TPSA) is 65.4 Å². The minimum atomic E-state index is -0.463. The number of nitrogens with one attached hydrogen (secondary N) is 1. The number of aromatic nitrogens is 2. The van der Waals surface area contributed by atoms with Crippen molar-refractivity contribution in [1.29, 1.82) is 0 Å². The smallest absolute Gasteiger partial charge is 0.224 e. The normalized spacial score (nSPS) is 11.7. The number of rotatable bonds is 8. The Bertz CT molecular complexity index is 925. The van der Waals surface area contributed by atoms with Crippen LogP contribution in [0.5, 0.6) is 11.5 Å². The van der Waals surface area contributed by atoms with Crippen molar-refractivity contribution in [3.8, 4) is 11.5 Å². The van der Waals surface area contributed by atoms with Crippen LogP contribution in [0.15, 0.2) is 60.9 Å². The molecular weight excluding hydrogens is 361 g/mol. The zero-order valence-corrected chi connectivity index (χ0v) is 15.8. The van der Waals surface area contributed by atoms with Crippen LogP contribution in [0.2, 0.25) is 0 Å². The molecule has 1 N–H and O–H groups in total. The van der Waals surface area contributed by atoms with Gasteiger partial charge in [0.2, 0.25) is 5.91 Å². The highest BCUT2D eigenvalue weighted by molar-refractivity contribution is 5.77. The van der Waals surface area contributed by atoms with Crippen LogP contribution in [0, 0.1) is 5.82 Å². The summed E-state index contributed by atoms with van der Waals surface area (Å²) in [5.41, 5.74) is 0.812. The molecule has 0 aliphatic carbocycles. The highest BCUT2D eigenvalue weighted by atomic mass is 19.1. The van der Waals surface area contributed by atoms with Gasteiger partial charge in [-0.2, -0.15) is 0 Å². The molecule has 7 heteroatoms. The van der Waals surface area contributed by atoms with Gasteiger partial charge in [-0.15, -0.1) is 0 Å². The number of amides is 1. The van der Waals surface area contributed by atoms with E-state index in [2.05, 4.69) is 10.3 Å². The van der Waals surface area contributed by atoms with Crippen LogP contribution in [0.25, 0.3) is 0 Å². The number of nitrogens with zero attached hydrogens (tertiary/aromatic N) is 2. The third kappa shape index (κ3) is 4.68. The lowest BCUT2D eigenvalue weighted by atomic mass is 10.0. The number of methoxy groups -OCH3 is 1. The van der Waals surface area contributed by atoms with Gasteiger partial charge in [0.25, 0.3) is 0 Å². The van der Waals surface area contributed by atoms with Gasteiger partial charge in [0.15, 0.2) is 0 Å². The number of benzene rings is 2. The number of para-hydroxylation sites is 1. The van der Waals surface area contributed by atoms with Gasteiger partial charge >= 0.3 is 0 Å². The average molecular weight is 383 g/mol. The molecule has 1 unspecified atom stereocenters. The molecule has 146 valence electrons. The molecule has 0 saturated heterocycles.